The predicted octanol–water partition coefficient (Wildman–Crippen LogP) is 6.22. The first-order valence-electron chi connectivity index (χ1n) is 7.64. The van der Waals surface area contributed by atoms with Gasteiger partial charge in [-0.25, -0.2) is 0 Å². The van der Waals surface area contributed by atoms with Crippen molar-refractivity contribution in [1.29, 1.82) is 0 Å². The van der Waals surface area contributed by atoms with Crippen molar-refractivity contribution in [2.45, 2.75) is 72.6 Å². The van der Waals surface area contributed by atoms with Crippen molar-refractivity contribution in [2.75, 3.05) is 0 Å². The maximum absolute atomic E-state index is 4.96. The average Bonchev–Trinajstić information content (AvgIpc) is 2.35. The fraction of sp³-hybridized carbons (Fsp3) is 0.611. The second-order valence-electron chi connectivity index (χ2n) is 6.05. The third-order valence-corrected chi connectivity index (χ3v) is 3.54. The molecule has 0 aromatic heterocycles. The topological polar surface area (TPSA) is 12.4 Å². The average molecular weight is 259 g/mol. The molecule has 1 rings (SSSR count). The fourth-order valence-electron chi connectivity index (χ4n) is 2.32. The summed E-state index contributed by atoms with van der Waals surface area (Å²) in [5, 5.41) is 0. The number of unbranched alkanes of at least 4 members (excludes halogenated alkanes) is 1. The van der Waals surface area contributed by atoms with Crippen LogP contribution in [0.3, 0.4) is 0 Å². The van der Waals surface area contributed by atoms with Gasteiger partial charge in [-0.1, -0.05) is 59.2 Å². The normalized spacial score (nSPS) is 12.5. The van der Waals surface area contributed by atoms with Crippen molar-refractivity contribution in [1.82, 2.24) is 0 Å². The van der Waals surface area contributed by atoms with Gasteiger partial charge >= 0.3 is 0 Å². The van der Waals surface area contributed by atoms with Gasteiger partial charge in [-0.05, 0) is 42.7 Å². The van der Waals surface area contributed by atoms with Crippen LogP contribution >= 0.6 is 0 Å². The van der Waals surface area contributed by atoms with Crippen LogP contribution in [0.1, 0.15) is 83.8 Å². The molecule has 0 spiro atoms. The van der Waals surface area contributed by atoms with Crippen molar-refractivity contribution in [3.05, 3.63) is 29.3 Å². The zero-order valence-electron chi connectivity index (χ0n) is 13.5. The summed E-state index contributed by atoms with van der Waals surface area (Å²) in [6.07, 6.45) is 3.58. The van der Waals surface area contributed by atoms with Gasteiger partial charge in [0.05, 0.1) is 5.69 Å². The lowest BCUT2D eigenvalue weighted by atomic mass is 9.93. The van der Waals surface area contributed by atoms with Gasteiger partial charge in [0.15, 0.2) is 0 Å². The van der Waals surface area contributed by atoms with E-state index in [1.165, 1.54) is 35.4 Å². The van der Waals surface area contributed by atoms with Crippen LogP contribution in [-0.4, -0.2) is 5.71 Å². The van der Waals surface area contributed by atoms with Gasteiger partial charge in [0.25, 0.3) is 0 Å². The lowest BCUT2D eigenvalue weighted by Crippen LogP contribution is -1.98. The summed E-state index contributed by atoms with van der Waals surface area (Å²) in [7, 11) is 0. The molecular formula is C18H29N. The van der Waals surface area contributed by atoms with Gasteiger partial charge in [0.1, 0.15) is 0 Å². The summed E-state index contributed by atoms with van der Waals surface area (Å²) >= 11 is 0. The first-order chi connectivity index (χ1) is 8.97. The third-order valence-electron chi connectivity index (χ3n) is 3.54. The molecule has 0 atom stereocenters. The lowest BCUT2D eigenvalue weighted by Gasteiger charge is -2.17. The van der Waals surface area contributed by atoms with E-state index in [-0.39, 0.29) is 0 Å². The fourth-order valence-corrected chi connectivity index (χ4v) is 2.32. The summed E-state index contributed by atoms with van der Waals surface area (Å²) in [6.45, 7) is 13.4. The highest BCUT2D eigenvalue weighted by Crippen LogP contribution is 2.35. The van der Waals surface area contributed by atoms with Crippen LogP contribution in [0.4, 0.5) is 5.69 Å². The minimum absolute atomic E-state index is 0.524. The van der Waals surface area contributed by atoms with Crippen LogP contribution < -0.4 is 0 Å². The molecule has 1 heteroatoms. The quantitative estimate of drug-likeness (QED) is 0.538. The van der Waals surface area contributed by atoms with E-state index in [9.17, 15) is 0 Å². The van der Waals surface area contributed by atoms with E-state index in [1.54, 1.807) is 0 Å². The van der Waals surface area contributed by atoms with E-state index in [0.717, 1.165) is 6.42 Å². The molecule has 106 valence electrons. The molecule has 0 aliphatic carbocycles. The summed E-state index contributed by atoms with van der Waals surface area (Å²) in [4.78, 5) is 4.96. The van der Waals surface area contributed by atoms with E-state index in [0.29, 0.717) is 11.8 Å². The van der Waals surface area contributed by atoms with Crippen molar-refractivity contribution in [3.8, 4) is 0 Å². The molecule has 0 saturated heterocycles. The molecule has 0 aliphatic heterocycles. The van der Waals surface area contributed by atoms with E-state index in [2.05, 4.69) is 59.7 Å². The molecular weight excluding hydrogens is 230 g/mol. The molecule has 1 aromatic carbocycles. The Morgan fingerprint density at radius 1 is 1.05 bits per heavy atom. The molecule has 19 heavy (non-hydrogen) atoms. The molecule has 0 amide bonds. The minimum atomic E-state index is 0.524. The number of aliphatic imine (C=N–C) groups is 1. The van der Waals surface area contributed by atoms with Crippen LogP contribution in [-0.2, 0) is 0 Å². The molecule has 0 radical (unpaired) electrons. The van der Waals surface area contributed by atoms with Crippen LogP contribution in [0.2, 0.25) is 0 Å². The highest BCUT2D eigenvalue weighted by molar-refractivity contribution is 5.85. The molecule has 0 bridgehead atoms. The van der Waals surface area contributed by atoms with Gasteiger partial charge in [-0.2, -0.15) is 0 Å². The van der Waals surface area contributed by atoms with Gasteiger partial charge < -0.3 is 0 Å². The van der Waals surface area contributed by atoms with Crippen molar-refractivity contribution >= 4 is 11.4 Å². The predicted molar refractivity (Wildman–Crippen MR) is 86.9 cm³/mol. The zero-order chi connectivity index (χ0) is 14.4. The Morgan fingerprint density at radius 3 is 2.00 bits per heavy atom. The Morgan fingerprint density at radius 2 is 1.58 bits per heavy atom. The maximum Gasteiger partial charge on any atom is 0.0698 e. The number of hydrogen-bond donors (Lipinski definition) is 0. The molecule has 0 heterocycles. The molecule has 0 saturated carbocycles. The molecule has 1 aromatic rings. The van der Waals surface area contributed by atoms with E-state index in [1.807, 2.05) is 0 Å². The van der Waals surface area contributed by atoms with E-state index >= 15 is 0 Å². The van der Waals surface area contributed by atoms with Crippen molar-refractivity contribution in [3.63, 3.8) is 0 Å². The number of para-hydroxylation sites is 1. The first-order valence-corrected chi connectivity index (χ1v) is 7.64. The zero-order valence-corrected chi connectivity index (χ0v) is 13.5. The Bertz CT molecular complexity index is 401. The molecule has 0 aliphatic rings. The summed E-state index contributed by atoms with van der Waals surface area (Å²) in [6, 6.07) is 6.62. The van der Waals surface area contributed by atoms with Crippen LogP contribution in [0, 0.1) is 0 Å². The highest BCUT2D eigenvalue weighted by Gasteiger charge is 2.13. The second-order valence-corrected chi connectivity index (χ2v) is 6.05. The van der Waals surface area contributed by atoms with Crippen LogP contribution in [0.15, 0.2) is 23.2 Å². The third kappa shape index (κ3) is 4.49. The van der Waals surface area contributed by atoms with Crippen LogP contribution in [0.5, 0.6) is 0 Å². The number of rotatable bonds is 6. The molecule has 0 fully saturated rings. The molecule has 0 N–H and O–H groups in total. The second kappa shape index (κ2) is 7.47. The lowest BCUT2D eigenvalue weighted by molar-refractivity contribution is 0.824. The Hall–Kier alpha value is -1.11. The minimum Gasteiger partial charge on any atom is -0.258 e. The Labute approximate surface area is 119 Å². The number of hydrogen-bond acceptors (Lipinski definition) is 1. The highest BCUT2D eigenvalue weighted by atomic mass is 14.8. The van der Waals surface area contributed by atoms with E-state index in [4.69, 9.17) is 4.99 Å². The SMILES string of the molecule is CCCCC(C)=Nc1c(C(C)C)cccc1C(C)C. The van der Waals surface area contributed by atoms with Gasteiger partial charge in [0.2, 0.25) is 0 Å². The molecule has 0 unspecified atom stereocenters. The Balaban J connectivity index is 3.21. The molecule has 1 nitrogen and oxygen atoms in total. The smallest absolute Gasteiger partial charge is 0.0698 e. The van der Waals surface area contributed by atoms with Gasteiger partial charge in [-0.3, -0.25) is 4.99 Å². The largest absolute Gasteiger partial charge is 0.258 e. The summed E-state index contributed by atoms with van der Waals surface area (Å²) < 4.78 is 0. The van der Waals surface area contributed by atoms with Crippen molar-refractivity contribution < 1.29 is 0 Å². The van der Waals surface area contributed by atoms with Crippen LogP contribution in [0.25, 0.3) is 0 Å². The van der Waals surface area contributed by atoms with Gasteiger partial charge in [-0.15, -0.1) is 0 Å². The summed E-state index contributed by atoms with van der Waals surface area (Å²) in [5.41, 5.74) is 5.24. The first kappa shape index (κ1) is 15.9. The van der Waals surface area contributed by atoms with E-state index < -0.39 is 0 Å². The van der Waals surface area contributed by atoms with Gasteiger partial charge in [0, 0.05) is 5.71 Å². The Kier molecular flexibility index (Phi) is 6.27. The summed E-state index contributed by atoms with van der Waals surface area (Å²) in [5.74, 6) is 1.05. The maximum atomic E-state index is 4.96. The standard InChI is InChI=1S/C18H29N/c1-7-8-10-15(6)19-18-16(13(2)3)11-9-12-17(18)14(4)5/h9,11-14H,7-8,10H2,1-6H3. The van der Waals surface area contributed by atoms with Crippen molar-refractivity contribution in [2.24, 2.45) is 4.99 Å². The number of benzene rings is 1. The monoisotopic (exact) mass is 259 g/mol. The number of nitrogens with zero attached hydrogens (tertiary/aromatic N) is 1.